The summed E-state index contributed by atoms with van der Waals surface area (Å²) in [6.45, 7) is 6.76. The van der Waals surface area contributed by atoms with Crippen molar-refractivity contribution in [3.8, 4) is 5.69 Å². The number of aryl methyl sites for hydroxylation is 1. The molecule has 0 bridgehead atoms. The first-order valence-corrected chi connectivity index (χ1v) is 9.69. The van der Waals surface area contributed by atoms with Crippen LogP contribution in [0.4, 0.5) is 0 Å². The van der Waals surface area contributed by atoms with Crippen molar-refractivity contribution in [1.29, 1.82) is 0 Å². The van der Waals surface area contributed by atoms with Gasteiger partial charge in [-0.3, -0.25) is 9.59 Å². The topological polar surface area (TPSA) is 82.5 Å². The fourth-order valence-electron chi connectivity index (χ4n) is 3.82. The average molecular weight is 404 g/mol. The molecule has 1 N–H and O–H groups in total. The summed E-state index contributed by atoms with van der Waals surface area (Å²) in [5.74, 6) is -2.42. The summed E-state index contributed by atoms with van der Waals surface area (Å²) in [5, 5.41) is 8.42. The third-order valence-electron chi connectivity index (χ3n) is 5.51. The Labute approximate surface area is 168 Å². The summed E-state index contributed by atoms with van der Waals surface area (Å²) in [4.78, 5) is 24.4. The van der Waals surface area contributed by atoms with Crippen LogP contribution in [0.5, 0.6) is 0 Å². The monoisotopic (exact) mass is 403 g/mol. The van der Waals surface area contributed by atoms with Crippen LogP contribution in [0, 0.1) is 20.8 Å². The highest BCUT2D eigenvalue weighted by Gasteiger charge is 2.46. The summed E-state index contributed by atoms with van der Waals surface area (Å²) in [6, 6.07) is 3.51. The zero-order valence-electron chi connectivity index (χ0n) is 16.1. The molecule has 3 heterocycles. The van der Waals surface area contributed by atoms with Crippen LogP contribution in [0.25, 0.3) is 5.69 Å². The Morgan fingerprint density at radius 1 is 1.11 bits per heavy atom. The number of esters is 2. The molecule has 148 valence electrons. The van der Waals surface area contributed by atoms with Crippen molar-refractivity contribution in [3.63, 3.8) is 0 Å². The summed E-state index contributed by atoms with van der Waals surface area (Å²) in [5.41, 5.74) is 5.19. The minimum atomic E-state index is -1.50. The predicted molar refractivity (Wildman–Crippen MR) is 102 cm³/mol. The van der Waals surface area contributed by atoms with Crippen LogP contribution in [-0.2, 0) is 31.3 Å². The molecule has 2 aliphatic rings. The third kappa shape index (κ3) is 2.99. The molecule has 1 fully saturated rings. The number of nitrogens with one attached hydrogen (secondary N) is 1. The number of hydrogen-bond donors (Lipinski definition) is 1. The number of nitrogens with zero attached hydrogens (tertiary/aromatic N) is 2. The highest BCUT2D eigenvalue weighted by atomic mass is 35.5. The van der Waals surface area contributed by atoms with Crippen LogP contribution < -0.4 is 5.32 Å². The molecule has 0 aliphatic carbocycles. The van der Waals surface area contributed by atoms with E-state index in [9.17, 15) is 9.59 Å². The van der Waals surface area contributed by atoms with Gasteiger partial charge in [0.2, 0.25) is 0 Å². The predicted octanol–water partition coefficient (Wildman–Crippen LogP) is 2.63. The second-order valence-corrected chi connectivity index (χ2v) is 7.66. The molecule has 0 atom stereocenters. The molecule has 0 radical (unpaired) electrons. The Balaban J connectivity index is 1.97. The zero-order valence-corrected chi connectivity index (χ0v) is 16.9. The normalized spacial score (nSPS) is 18.9. The van der Waals surface area contributed by atoms with Gasteiger partial charge in [-0.25, -0.2) is 4.68 Å². The van der Waals surface area contributed by atoms with Gasteiger partial charge in [-0.1, -0.05) is 11.6 Å². The van der Waals surface area contributed by atoms with E-state index in [4.69, 9.17) is 21.1 Å². The van der Waals surface area contributed by atoms with Gasteiger partial charge in [-0.2, -0.15) is 5.10 Å². The van der Waals surface area contributed by atoms with Crippen molar-refractivity contribution >= 4 is 23.5 Å². The first kappa shape index (κ1) is 19.0. The summed E-state index contributed by atoms with van der Waals surface area (Å²) in [7, 11) is 0. The SMILES string of the molecule is Cc1nn(-c2c(Cl)ccc3c2CCNCC32OC(=O)CCC(=O)O2)c(C)c1C. The fraction of sp³-hybridized carbons (Fsp3) is 0.450. The number of fused-ring (bicyclic) bond motifs is 2. The number of carbonyl (C=O) groups excluding carboxylic acids is 2. The van der Waals surface area contributed by atoms with Crippen molar-refractivity contribution in [2.75, 3.05) is 13.1 Å². The number of halogens is 1. The van der Waals surface area contributed by atoms with Crippen molar-refractivity contribution in [1.82, 2.24) is 15.1 Å². The molecule has 8 heteroatoms. The molecule has 0 saturated carbocycles. The second kappa shape index (κ2) is 6.90. The second-order valence-electron chi connectivity index (χ2n) is 7.26. The molecule has 1 aromatic heterocycles. The van der Waals surface area contributed by atoms with Crippen molar-refractivity contribution < 1.29 is 19.1 Å². The maximum Gasteiger partial charge on any atom is 0.309 e. The Bertz CT molecular complexity index is 964. The van der Waals surface area contributed by atoms with Crippen LogP contribution in [0.15, 0.2) is 12.1 Å². The van der Waals surface area contributed by atoms with Crippen LogP contribution in [-0.4, -0.2) is 34.8 Å². The zero-order chi connectivity index (χ0) is 20.1. The Morgan fingerprint density at radius 2 is 1.79 bits per heavy atom. The third-order valence-corrected chi connectivity index (χ3v) is 5.81. The van der Waals surface area contributed by atoms with E-state index >= 15 is 0 Å². The van der Waals surface area contributed by atoms with Crippen molar-refractivity contribution in [2.24, 2.45) is 0 Å². The van der Waals surface area contributed by atoms with Gasteiger partial charge in [0.05, 0.1) is 35.8 Å². The van der Waals surface area contributed by atoms with Crippen LogP contribution >= 0.6 is 11.6 Å². The lowest BCUT2D eigenvalue weighted by Crippen LogP contribution is -2.43. The van der Waals surface area contributed by atoms with Gasteiger partial charge in [-0.05, 0) is 57.0 Å². The molecular weight excluding hydrogens is 382 g/mol. The van der Waals surface area contributed by atoms with E-state index in [1.165, 1.54) is 0 Å². The molecule has 0 unspecified atom stereocenters. The molecule has 1 saturated heterocycles. The lowest BCUT2D eigenvalue weighted by atomic mass is 9.96. The van der Waals surface area contributed by atoms with Crippen molar-refractivity contribution in [2.45, 2.75) is 45.8 Å². The van der Waals surface area contributed by atoms with Gasteiger partial charge in [0.25, 0.3) is 5.79 Å². The van der Waals surface area contributed by atoms with Gasteiger partial charge in [0.1, 0.15) is 0 Å². The van der Waals surface area contributed by atoms with Crippen LogP contribution in [0.3, 0.4) is 0 Å². The molecular formula is C20H22ClN3O4. The number of rotatable bonds is 1. The standard InChI is InChI=1S/C20H22ClN3O4/c1-11-12(2)23-24(13(11)3)19-14-8-9-22-10-20(15(14)4-5-16(19)21)27-17(25)6-7-18(26)28-20/h4-5,22H,6-10H2,1-3H3. The lowest BCUT2D eigenvalue weighted by molar-refractivity contribution is -0.225. The van der Waals surface area contributed by atoms with E-state index in [0.29, 0.717) is 23.6 Å². The van der Waals surface area contributed by atoms with E-state index in [1.807, 2.05) is 25.5 Å². The highest BCUT2D eigenvalue weighted by molar-refractivity contribution is 6.32. The van der Waals surface area contributed by atoms with Crippen molar-refractivity contribution in [3.05, 3.63) is 45.2 Å². The molecule has 7 nitrogen and oxygen atoms in total. The Kier molecular flexibility index (Phi) is 4.67. The van der Waals surface area contributed by atoms with E-state index in [1.54, 1.807) is 12.1 Å². The molecule has 2 aromatic rings. The number of benzene rings is 1. The molecule has 1 aromatic carbocycles. The van der Waals surface area contributed by atoms with E-state index in [0.717, 1.165) is 28.2 Å². The number of hydrogen-bond acceptors (Lipinski definition) is 6. The Morgan fingerprint density at radius 3 is 2.39 bits per heavy atom. The minimum absolute atomic E-state index is 0.00696. The lowest BCUT2D eigenvalue weighted by Gasteiger charge is -2.32. The van der Waals surface area contributed by atoms with Crippen LogP contribution in [0.1, 0.15) is 40.9 Å². The smallest absolute Gasteiger partial charge is 0.309 e. The van der Waals surface area contributed by atoms with E-state index in [-0.39, 0.29) is 19.4 Å². The fourth-order valence-corrected chi connectivity index (χ4v) is 4.08. The summed E-state index contributed by atoms with van der Waals surface area (Å²) < 4.78 is 13.2. The van der Waals surface area contributed by atoms with Gasteiger partial charge in [-0.15, -0.1) is 0 Å². The number of carbonyl (C=O) groups is 2. The van der Waals surface area contributed by atoms with Gasteiger partial charge in [0, 0.05) is 11.3 Å². The maximum atomic E-state index is 12.2. The highest BCUT2D eigenvalue weighted by Crippen LogP contribution is 2.39. The average Bonchev–Trinajstić information content (AvgIpc) is 2.81. The van der Waals surface area contributed by atoms with Gasteiger partial charge < -0.3 is 14.8 Å². The molecule has 28 heavy (non-hydrogen) atoms. The summed E-state index contributed by atoms with van der Waals surface area (Å²) in [6.07, 6.45) is 0.638. The maximum absolute atomic E-state index is 12.2. The quantitative estimate of drug-likeness (QED) is 0.737. The molecule has 1 spiro atoms. The molecule has 0 amide bonds. The first-order valence-electron chi connectivity index (χ1n) is 9.32. The van der Waals surface area contributed by atoms with Gasteiger partial charge in [0.15, 0.2) is 0 Å². The summed E-state index contributed by atoms with van der Waals surface area (Å²) >= 11 is 6.60. The molecule has 2 aliphatic heterocycles. The number of aromatic nitrogens is 2. The minimum Gasteiger partial charge on any atom is -0.416 e. The van der Waals surface area contributed by atoms with Crippen LogP contribution in [0.2, 0.25) is 5.02 Å². The largest absolute Gasteiger partial charge is 0.416 e. The Hall–Kier alpha value is -2.38. The van der Waals surface area contributed by atoms with E-state index < -0.39 is 17.7 Å². The van der Waals surface area contributed by atoms with Gasteiger partial charge >= 0.3 is 11.9 Å². The van der Waals surface area contributed by atoms with E-state index in [2.05, 4.69) is 10.4 Å². The first-order chi connectivity index (χ1) is 13.3. The number of ether oxygens (including phenoxy) is 2. The molecule has 4 rings (SSSR count).